The van der Waals surface area contributed by atoms with Gasteiger partial charge in [0, 0.05) is 102 Å². The molecule has 0 atom stereocenters. The van der Waals surface area contributed by atoms with E-state index in [1.165, 1.54) is 112 Å². The van der Waals surface area contributed by atoms with E-state index < -0.39 is 35.2 Å². The number of hydrogen-bond acceptors (Lipinski definition) is 14. The number of alkyl halides is 9. The first-order valence-corrected chi connectivity index (χ1v) is 32.6. The molecule has 512 valence electrons. The van der Waals surface area contributed by atoms with Crippen molar-refractivity contribution >= 4 is 102 Å². The largest absolute Gasteiger partial charge is 0.419 e. The number of nitrogens with one attached hydrogen (secondary N) is 8. The lowest BCUT2D eigenvalue weighted by Gasteiger charge is -2.18. The van der Waals surface area contributed by atoms with Crippen molar-refractivity contribution in [3.63, 3.8) is 0 Å². The number of nitrogens with zero attached hydrogens (tertiary/aromatic N) is 6. The SMILES string of the molecule is FC(F)(F)c1cnc(Cl)cc1Nc1ccccn1.FC(F)(F)c1cnc(Nc2ccc3c(c2)C(C2=CCNCC2)=CC3)cc1Nc1ccccn1.FC(F)(F)c1cnc(Nc2ccc3c(c2)C(C2=CCNCC2)=CC3)cc1Nc1ccccn1.Nc1ccc2[nH]cc(C3=CCCCC3)c2c1. The first kappa shape index (κ1) is 69.1. The van der Waals surface area contributed by atoms with Crippen LogP contribution in [0.15, 0.2) is 212 Å². The monoisotopic (exact) mass is 1380 g/mol. The summed E-state index contributed by atoms with van der Waals surface area (Å²) in [7, 11) is 0. The predicted octanol–water partition coefficient (Wildman–Crippen LogP) is 19.3. The molecule has 15 nitrogen and oxygen atoms in total. The second kappa shape index (κ2) is 30.9. The Morgan fingerprint density at radius 2 is 0.910 bits per heavy atom. The van der Waals surface area contributed by atoms with Gasteiger partial charge in [-0.1, -0.05) is 72.3 Å². The van der Waals surface area contributed by atoms with Crippen molar-refractivity contribution in [1.82, 2.24) is 45.5 Å². The highest BCUT2D eigenvalue weighted by molar-refractivity contribution is 6.29. The molecule has 15 rings (SSSR count). The van der Waals surface area contributed by atoms with Gasteiger partial charge >= 0.3 is 18.5 Å². The van der Waals surface area contributed by atoms with Crippen molar-refractivity contribution < 1.29 is 39.5 Å². The molecule has 0 fully saturated rings. The number of anilines is 11. The lowest BCUT2D eigenvalue weighted by molar-refractivity contribution is -0.138. The number of H-pyrrole nitrogens is 1. The minimum atomic E-state index is -4.54. The number of allylic oxidation sites excluding steroid dienone is 6. The van der Waals surface area contributed by atoms with Crippen molar-refractivity contribution in [2.45, 2.75) is 69.9 Å². The Labute approximate surface area is 575 Å². The Morgan fingerprint density at radius 3 is 1.34 bits per heavy atom. The van der Waals surface area contributed by atoms with Crippen LogP contribution in [-0.4, -0.2) is 61.1 Å². The molecule has 25 heteroatoms. The fourth-order valence-corrected chi connectivity index (χ4v) is 12.3. The van der Waals surface area contributed by atoms with Crippen LogP contribution in [0.4, 0.5) is 103 Å². The molecule has 0 unspecified atom stereocenters. The Balaban J connectivity index is 0.000000132. The standard InChI is InChI=1S/2C25H22F3N5.C14H16N2.C11H7ClF3N3/c2*26-25(27,28)21-15-31-24(14-22(21)33-23-3-1-2-10-30-23)32-18-6-4-16-5-7-19(20(16)13-18)17-8-11-29-12-9-17;15-11-6-7-14-12(8-11)13(9-16-14)10-4-2-1-3-5-10;12-9-5-8(7(6-17-9)11(13,14)15)18-10-3-1-2-4-16-10/h2*1-4,6-8,10,13-15,29H,5,9,11-12H2,(H2,30,31,32,33);4,6-9,16H,1-3,5,15H2;1-6H,(H,16,17,18). The number of halogens is 10. The highest BCUT2D eigenvalue weighted by Gasteiger charge is 2.37. The maximum Gasteiger partial charge on any atom is 0.419 e. The van der Waals surface area contributed by atoms with E-state index in [9.17, 15) is 39.5 Å². The molecule has 9 heterocycles. The van der Waals surface area contributed by atoms with Crippen LogP contribution < -0.4 is 43.0 Å². The van der Waals surface area contributed by atoms with Gasteiger partial charge in [0.1, 0.15) is 34.2 Å². The summed E-state index contributed by atoms with van der Waals surface area (Å²) < 4.78 is 119. The van der Waals surface area contributed by atoms with E-state index in [-0.39, 0.29) is 22.2 Å². The second-order valence-electron chi connectivity index (χ2n) is 23.8. The Morgan fingerprint density at radius 1 is 0.430 bits per heavy atom. The van der Waals surface area contributed by atoms with Crippen molar-refractivity contribution in [2.75, 3.05) is 58.5 Å². The molecule has 0 saturated heterocycles. The number of fused-ring (bicyclic) bond motifs is 3. The van der Waals surface area contributed by atoms with Gasteiger partial charge in [0.15, 0.2) is 0 Å². The number of nitrogens with two attached hydrogens (primary N) is 1. The molecule has 0 radical (unpaired) electrons. The van der Waals surface area contributed by atoms with E-state index >= 15 is 0 Å². The quantitative estimate of drug-likeness (QED) is 0.0300. The van der Waals surface area contributed by atoms with Crippen molar-refractivity contribution in [1.29, 1.82) is 0 Å². The number of aromatic nitrogens is 7. The lowest BCUT2D eigenvalue weighted by Crippen LogP contribution is -2.20. The molecule has 10 aromatic rings. The first-order valence-electron chi connectivity index (χ1n) is 32.2. The van der Waals surface area contributed by atoms with Crippen LogP contribution in [0.25, 0.3) is 27.6 Å². The Kier molecular flexibility index (Phi) is 21.4. The zero-order valence-corrected chi connectivity index (χ0v) is 54.3. The molecular weight excluding hydrogens is 1320 g/mol. The summed E-state index contributed by atoms with van der Waals surface area (Å²) in [6.45, 7) is 3.64. The van der Waals surface area contributed by atoms with Crippen LogP contribution in [0, 0.1) is 0 Å². The molecule has 5 aliphatic rings. The van der Waals surface area contributed by atoms with Gasteiger partial charge in [-0.2, -0.15) is 39.5 Å². The first-order chi connectivity index (χ1) is 48.2. The van der Waals surface area contributed by atoms with Gasteiger partial charge in [0.25, 0.3) is 0 Å². The molecule has 2 aliphatic heterocycles. The van der Waals surface area contributed by atoms with E-state index in [2.05, 4.69) is 133 Å². The lowest BCUT2D eigenvalue weighted by atomic mass is 9.93. The molecule has 100 heavy (non-hydrogen) atoms. The molecule has 0 saturated carbocycles. The summed E-state index contributed by atoms with van der Waals surface area (Å²) in [6, 6.07) is 36.8. The third kappa shape index (κ3) is 17.5. The average molecular weight is 1380 g/mol. The molecular formula is C75H67ClF9N15. The number of nitrogen functional groups attached to an aromatic ring is 1. The van der Waals surface area contributed by atoms with Gasteiger partial charge in [0.05, 0.1) is 33.8 Å². The molecule has 0 spiro atoms. The molecule has 7 aromatic heterocycles. The van der Waals surface area contributed by atoms with Crippen molar-refractivity contribution in [3.05, 3.63) is 262 Å². The number of hydrogen-bond donors (Lipinski definition) is 9. The van der Waals surface area contributed by atoms with E-state index in [4.69, 9.17) is 17.3 Å². The van der Waals surface area contributed by atoms with Crippen LogP contribution in [0.1, 0.15) is 83.0 Å². The van der Waals surface area contributed by atoms with Crippen molar-refractivity contribution in [3.8, 4) is 0 Å². The van der Waals surface area contributed by atoms with Crippen LogP contribution >= 0.6 is 11.6 Å². The fraction of sp³-hybridized carbons (Fsp3) is 0.200. The smallest absolute Gasteiger partial charge is 0.399 e. The van der Waals surface area contributed by atoms with Gasteiger partial charge in [-0.3, -0.25) is 0 Å². The van der Waals surface area contributed by atoms with Gasteiger partial charge in [0.2, 0.25) is 0 Å². The summed E-state index contributed by atoms with van der Waals surface area (Å²) >= 11 is 5.59. The zero-order chi connectivity index (χ0) is 69.8. The van der Waals surface area contributed by atoms with Crippen LogP contribution in [0.5, 0.6) is 0 Å². The molecule has 0 amide bonds. The second-order valence-corrected chi connectivity index (χ2v) is 24.2. The minimum Gasteiger partial charge on any atom is -0.399 e. The number of aromatic amines is 1. The maximum absolute atomic E-state index is 13.5. The van der Waals surface area contributed by atoms with Gasteiger partial charge < -0.3 is 47.9 Å². The minimum absolute atomic E-state index is 0.0265. The predicted molar refractivity (Wildman–Crippen MR) is 378 cm³/mol. The molecule has 10 N–H and O–H groups in total. The van der Waals surface area contributed by atoms with Crippen LogP contribution in [0.2, 0.25) is 5.15 Å². The summed E-state index contributed by atoms with van der Waals surface area (Å²) in [6.07, 6.45) is 15.5. The number of pyridine rings is 6. The topological polar surface area (TPSA) is 203 Å². The Bertz CT molecular complexity index is 4510. The van der Waals surface area contributed by atoms with E-state index in [1.807, 2.05) is 30.3 Å². The average Bonchev–Trinajstić information content (AvgIpc) is 1.74. The van der Waals surface area contributed by atoms with Crippen LogP contribution in [-0.2, 0) is 31.4 Å². The number of benzene rings is 3. The van der Waals surface area contributed by atoms with Crippen molar-refractivity contribution in [2.24, 2.45) is 0 Å². The highest BCUT2D eigenvalue weighted by Crippen LogP contribution is 2.43. The van der Waals surface area contributed by atoms with E-state index in [1.54, 1.807) is 54.6 Å². The number of rotatable bonds is 13. The zero-order valence-electron chi connectivity index (χ0n) is 53.6. The molecule has 3 aromatic carbocycles. The third-order valence-corrected chi connectivity index (χ3v) is 17.1. The summed E-state index contributed by atoms with van der Waals surface area (Å²) in [4.78, 5) is 26.8. The summed E-state index contributed by atoms with van der Waals surface area (Å²) in [5.74, 6) is 1.56. The Hall–Kier alpha value is -10.8. The van der Waals surface area contributed by atoms with E-state index in [0.29, 0.717) is 35.3 Å². The summed E-state index contributed by atoms with van der Waals surface area (Å²) in [5, 5.41) is 22.3. The molecule has 3 aliphatic carbocycles. The maximum atomic E-state index is 13.5. The highest BCUT2D eigenvalue weighted by atomic mass is 35.5. The fourth-order valence-electron chi connectivity index (χ4n) is 12.1. The summed E-state index contributed by atoms with van der Waals surface area (Å²) in [5.41, 5.74) is 19.2. The van der Waals surface area contributed by atoms with E-state index in [0.717, 1.165) is 98.5 Å². The molecule has 0 bridgehead atoms. The van der Waals surface area contributed by atoms with Gasteiger partial charge in [-0.05, 0) is 200 Å². The van der Waals surface area contributed by atoms with Gasteiger partial charge in [-0.25, -0.2) is 29.9 Å². The van der Waals surface area contributed by atoms with Gasteiger partial charge in [-0.15, -0.1) is 0 Å². The third-order valence-electron chi connectivity index (χ3n) is 16.9. The van der Waals surface area contributed by atoms with Crippen LogP contribution in [0.3, 0.4) is 0 Å². The normalized spacial score (nSPS) is 14.9.